The molecule has 1 fully saturated rings. The summed E-state index contributed by atoms with van der Waals surface area (Å²) < 4.78 is 34.4. The number of pyridine rings is 1. The first-order valence-electron chi connectivity index (χ1n) is 12.4. The van der Waals surface area contributed by atoms with Crippen molar-refractivity contribution in [2.75, 3.05) is 66.9 Å². The summed E-state index contributed by atoms with van der Waals surface area (Å²) in [6.07, 6.45) is 1.95. The molecule has 0 aliphatic carbocycles. The molecule has 0 spiro atoms. The lowest BCUT2D eigenvalue weighted by Gasteiger charge is -2.29. The first-order valence-corrected chi connectivity index (χ1v) is 13.0. The van der Waals surface area contributed by atoms with E-state index < -0.39 is 5.66 Å². The molecule has 1 aliphatic heterocycles. The summed E-state index contributed by atoms with van der Waals surface area (Å²) in [6.45, 7) is 6.88. The first-order chi connectivity index (χ1) is 18.3. The van der Waals surface area contributed by atoms with E-state index in [1.165, 1.54) is 26.4 Å². The van der Waals surface area contributed by atoms with Crippen LogP contribution in [0.2, 0.25) is 0 Å². The van der Waals surface area contributed by atoms with Gasteiger partial charge in [0.05, 0.1) is 18.9 Å². The Bertz CT molecular complexity index is 1190. The Balaban J connectivity index is 0.00000195. The summed E-state index contributed by atoms with van der Waals surface area (Å²) in [4.78, 5) is 30.7. The highest BCUT2D eigenvalue weighted by Gasteiger charge is 2.30. The summed E-state index contributed by atoms with van der Waals surface area (Å²) in [5, 5.41) is 0. The standard InChI is InChI=1S/C24H28F2N7O2P.C2H6/c1-31(17-5-3-2-4-6-17)7-8-33(16-34)22-14-20(29-23(30-22)32-9-11-35-12-10-32)18-15-28-21(27)13-19(18)24(25,26)36;1-2/h2-6,13-16H,7-12,36H2,1H3,(H2,27,28);1-2H3. The minimum absolute atomic E-state index is 0.0305. The van der Waals surface area contributed by atoms with Gasteiger partial charge in [-0.2, -0.15) is 13.8 Å². The van der Waals surface area contributed by atoms with Crippen molar-refractivity contribution in [2.45, 2.75) is 19.5 Å². The number of aromatic nitrogens is 3. The highest BCUT2D eigenvalue weighted by molar-refractivity contribution is 7.17. The lowest BCUT2D eigenvalue weighted by molar-refractivity contribution is -0.107. The van der Waals surface area contributed by atoms with E-state index in [0.29, 0.717) is 57.6 Å². The second-order valence-electron chi connectivity index (χ2n) is 8.34. The van der Waals surface area contributed by atoms with Crippen LogP contribution in [-0.2, 0) is 15.2 Å². The fourth-order valence-corrected chi connectivity index (χ4v) is 4.09. The molecular formula is C26H34F2N7O2P. The molecule has 204 valence electrons. The molecule has 4 rings (SSSR count). The second kappa shape index (κ2) is 13.4. The maximum absolute atomic E-state index is 14.5. The Hall–Kier alpha value is -3.43. The van der Waals surface area contributed by atoms with Crippen molar-refractivity contribution in [3.8, 4) is 11.3 Å². The number of hydrogen-bond acceptors (Lipinski definition) is 8. The molecule has 2 aromatic heterocycles. The van der Waals surface area contributed by atoms with Crippen LogP contribution in [0.5, 0.6) is 0 Å². The van der Waals surface area contributed by atoms with Crippen molar-refractivity contribution in [1.29, 1.82) is 0 Å². The van der Waals surface area contributed by atoms with Gasteiger partial charge in [0, 0.05) is 62.3 Å². The molecule has 1 saturated heterocycles. The Morgan fingerprint density at radius 1 is 1.13 bits per heavy atom. The number of halogens is 2. The number of morpholine rings is 1. The number of nitrogens with two attached hydrogens (primary N) is 1. The van der Waals surface area contributed by atoms with E-state index in [0.717, 1.165) is 11.8 Å². The van der Waals surface area contributed by atoms with Crippen molar-refractivity contribution in [3.05, 3.63) is 54.2 Å². The molecule has 1 atom stereocenters. The van der Waals surface area contributed by atoms with Gasteiger partial charge in [0.1, 0.15) is 11.6 Å². The van der Waals surface area contributed by atoms with Crippen LogP contribution in [-0.4, -0.2) is 67.8 Å². The molecule has 12 heteroatoms. The number of amides is 1. The molecule has 1 amide bonds. The number of likely N-dealkylation sites (N-methyl/N-ethyl adjacent to an activating group) is 1. The van der Waals surface area contributed by atoms with Crippen LogP contribution in [0.4, 0.5) is 32.1 Å². The van der Waals surface area contributed by atoms with Crippen LogP contribution >= 0.6 is 9.24 Å². The van der Waals surface area contributed by atoms with E-state index in [1.807, 2.05) is 61.0 Å². The Morgan fingerprint density at radius 2 is 1.82 bits per heavy atom. The van der Waals surface area contributed by atoms with Gasteiger partial charge in [-0.05, 0) is 18.2 Å². The van der Waals surface area contributed by atoms with Gasteiger partial charge in [-0.25, -0.2) is 9.97 Å². The highest BCUT2D eigenvalue weighted by Crippen LogP contribution is 2.41. The minimum Gasteiger partial charge on any atom is -0.384 e. The Kier molecular flexibility index (Phi) is 10.3. The van der Waals surface area contributed by atoms with Gasteiger partial charge in [0.2, 0.25) is 12.4 Å². The SMILES string of the molecule is CC.CN(CCN(C=O)c1cc(-c2cnc(N)cc2C(F)(F)P)nc(N2CCOCC2)n1)c1ccccc1. The number of benzene rings is 1. The van der Waals surface area contributed by atoms with Gasteiger partial charge < -0.3 is 20.3 Å². The number of rotatable bonds is 9. The number of anilines is 4. The first kappa shape index (κ1) is 29.1. The predicted octanol–water partition coefficient (Wildman–Crippen LogP) is 4.01. The molecule has 9 nitrogen and oxygen atoms in total. The van der Waals surface area contributed by atoms with Gasteiger partial charge >= 0.3 is 0 Å². The predicted molar refractivity (Wildman–Crippen MR) is 151 cm³/mol. The van der Waals surface area contributed by atoms with Crippen LogP contribution in [0.25, 0.3) is 11.3 Å². The third-order valence-corrected chi connectivity index (χ3v) is 6.16. The van der Waals surface area contributed by atoms with Crippen molar-refractivity contribution >= 4 is 38.9 Å². The van der Waals surface area contributed by atoms with Gasteiger partial charge in [-0.1, -0.05) is 41.3 Å². The van der Waals surface area contributed by atoms with E-state index in [9.17, 15) is 13.6 Å². The molecule has 2 N–H and O–H groups in total. The molecule has 3 aromatic rings. The summed E-state index contributed by atoms with van der Waals surface area (Å²) in [5.74, 6) is 0.591. The average molecular weight is 546 g/mol. The fraction of sp³-hybridized carbons (Fsp3) is 0.385. The fourth-order valence-electron chi connectivity index (χ4n) is 3.85. The third kappa shape index (κ3) is 7.33. The zero-order chi connectivity index (χ0) is 27.7. The Morgan fingerprint density at radius 3 is 2.45 bits per heavy atom. The lowest BCUT2D eigenvalue weighted by Crippen LogP contribution is -2.38. The average Bonchev–Trinajstić information content (AvgIpc) is 2.94. The van der Waals surface area contributed by atoms with Crippen molar-refractivity contribution in [2.24, 2.45) is 0 Å². The van der Waals surface area contributed by atoms with Gasteiger partial charge in [0.15, 0.2) is 0 Å². The van der Waals surface area contributed by atoms with Crippen molar-refractivity contribution in [3.63, 3.8) is 0 Å². The van der Waals surface area contributed by atoms with Crippen LogP contribution < -0.4 is 20.4 Å². The third-order valence-electron chi connectivity index (χ3n) is 5.85. The molecule has 0 bridgehead atoms. The molecular weight excluding hydrogens is 511 g/mol. The van der Waals surface area contributed by atoms with Gasteiger partial charge in [0.25, 0.3) is 5.66 Å². The summed E-state index contributed by atoms with van der Waals surface area (Å²) in [7, 11) is 3.45. The van der Waals surface area contributed by atoms with E-state index in [4.69, 9.17) is 10.5 Å². The Labute approximate surface area is 224 Å². The number of carbonyl (C=O) groups excluding carboxylic acids is 1. The lowest BCUT2D eigenvalue weighted by atomic mass is 10.1. The minimum atomic E-state index is -3.26. The zero-order valence-corrected chi connectivity index (χ0v) is 23.0. The van der Waals surface area contributed by atoms with Crippen molar-refractivity contribution < 1.29 is 18.3 Å². The van der Waals surface area contributed by atoms with Gasteiger partial charge in [-0.3, -0.25) is 9.69 Å². The molecule has 0 saturated carbocycles. The number of nitrogen functional groups attached to an aromatic ring is 1. The summed E-state index contributed by atoms with van der Waals surface area (Å²) >= 11 is 0. The van der Waals surface area contributed by atoms with Gasteiger partial charge in [-0.15, -0.1) is 0 Å². The molecule has 3 heterocycles. The monoisotopic (exact) mass is 545 g/mol. The molecule has 0 radical (unpaired) electrons. The molecule has 38 heavy (non-hydrogen) atoms. The van der Waals surface area contributed by atoms with Crippen LogP contribution in [0.15, 0.2) is 48.7 Å². The quantitative estimate of drug-likeness (QED) is 0.318. The second-order valence-corrected chi connectivity index (χ2v) is 9.07. The smallest absolute Gasteiger partial charge is 0.284 e. The van der Waals surface area contributed by atoms with Crippen LogP contribution in [0.3, 0.4) is 0 Å². The van der Waals surface area contributed by atoms with E-state index in [2.05, 4.69) is 15.0 Å². The number of para-hydroxylation sites is 1. The summed E-state index contributed by atoms with van der Waals surface area (Å²) in [5.41, 5.74) is 3.42. The largest absolute Gasteiger partial charge is 0.384 e. The maximum atomic E-state index is 14.5. The van der Waals surface area contributed by atoms with Crippen LogP contribution in [0, 0.1) is 0 Å². The number of alkyl halides is 2. The molecule has 1 unspecified atom stereocenters. The normalized spacial score (nSPS) is 13.4. The van der Waals surface area contributed by atoms with E-state index in [1.54, 1.807) is 0 Å². The van der Waals surface area contributed by atoms with Crippen LogP contribution in [0.1, 0.15) is 19.4 Å². The molecule has 1 aliphatic rings. The number of ether oxygens (including phenoxy) is 1. The van der Waals surface area contributed by atoms with Crippen molar-refractivity contribution in [1.82, 2.24) is 15.0 Å². The number of hydrogen-bond donors (Lipinski definition) is 1. The topological polar surface area (TPSA) is 101 Å². The van der Waals surface area contributed by atoms with E-state index in [-0.39, 0.29) is 22.6 Å². The summed E-state index contributed by atoms with van der Waals surface area (Å²) in [6, 6.07) is 12.4. The maximum Gasteiger partial charge on any atom is 0.284 e. The molecule has 1 aromatic carbocycles. The number of nitrogens with zero attached hydrogens (tertiary/aromatic N) is 6. The number of carbonyl (C=O) groups is 1. The zero-order valence-electron chi connectivity index (χ0n) is 21.8. The highest BCUT2D eigenvalue weighted by atomic mass is 31.0. The van der Waals surface area contributed by atoms with E-state index >= 15 is 0 Å².